The summed E-state index contributed by atoms with van der Waals surface area (Å²) in [5, 5.41) is 2.32. The molecular weight excluding hydrogens is 377 g/mol. The number of esters is 1. The van der Waals surface area contributed by atoms with Gasteiger partial charge in [-0.15, -0.1) is 0 Å². The molecule has 0 heterocycles. The molecule has 27 heavy (non-hydrogen) atoms. The van der Waals surface area contributed by atoms with Gasteiger partial charge in [-0.1, -0.05) is 24.3 Å². The van der Waals surface area contributed by atoms with Crippen LogP contribution in [0.25, 0.3) is 0 Å². The number of methoxy groups -OCH3 is 1. The number of carbonyl (C=O) groups excluding carboxylic acids is 2. The van der Waals surface area contributed by atoms with E-state index in [0.717, 1.165) is 6.07 Å². The predicted octanol–water partition coefficient (Wildman–Crippen LogP) is 3.85. The Bertz CT molecular complexity index is 856. The second-order valence-corrected chi connectivity index (χ2v) is 5.63. The van der Waals surface area contributed by atoms with Crippen molar-refractivity contribution in [3.05, 3.63) is 65.5 Å². The van der Waals surface area contributed by atoms with Gasteiger partial charge in [-0.25, -0.2) is 9.18 Å². The van der Waals surface area contributed by atoms with Crippen molar-refractivity contribution in [3.63, 3.8) is 0 Å². The van der Waals surface area contributed by atoms with Crippen molar-refractivity contribution < 1.29 is 28.2 Å². The topological polar surface area (TPSA) is 73.9 Å². The summed E-state index contributed by atoms with van der Waals surface area (Å²) in [7, 11) is 1.44. The van der Waals surface area contributed by atoms with Crippen LogP contribution in [0, 0.1) is 5.82 Å². The first-order valence-corrected chi connectivity index (χ1v) is 8.16. The minimum atomic E-state index is -0.712. The van der Waals surface area contributed by atoms with Gasteiger partial charge in [0, 0.05) is 5.69 Å². The van der Waals surface area contributed by atoms with E-state index in [0.29, 0.717) is 11.5 Å². The Balaban J connectivity index is 1.95. The molecule has 142 valence electrons. The van der Waals surface area contributed by atoms with Crippen molar-refractivity contribution in [2.45, 2.75) is 0 Å². The molecule has 0 aromatic heterocycles. The highest BCUT2D eigenvalue weighted by Gasteiger charge is 2.14. The van der Waals surface area contributed by atoms with Gasteiger partial charge in [-0.05, 0) is 36.4 Å². The number of halogens is 2. The van der Waals surface area contributed by atoms with Crippen molar-refractivity contribution in [2.24, 2.45) is 0 Å². The van der Waals surface area contributed by atoms with E-state index >= 15 is 0 Å². The summed E-state index contributed by atoms with van der Waals surface area (Å²) in [6.07, 6.45) is 1.58. The highest BCUT2D eigenvalue weighted by molar-refractivity contribution is 6.31. The van der Waals surface area contributed by atoms with Crippen LogP contribution in [0.1, 0.15) is 10.4 Å². The summed E-state index contributed by atoms with van der Waals surface area (Å²) >= 11 is 5.64. The number of nitrogens with one attached hydrogen (secondary N) is 1. The lowest BCUT2D eigenvalue weighted by Crippen LogP contribution is -2.21. The Hall–Kier alpha value is -3.06. The smallest absolute Gasteiger partial charge is 0.338 e. The second kappa shape index (κ2) is 9.59. The minimum absolute atomic E-state index is 0.129. The van der Waals surface area contributed by atoms with Crippen molar-refractivity contribution >= 4 is 29.2 Å². The quantitative estimate of drug-likeness (QED) is 0.544. The largest absolute Gasteiger partial charge is 0.493 e. The zero-order valence-electron chi connectivity index (χ0n) is 14.5. The first-order valence-electron chi connectivity index (χ1n) is 7.78. The van der Waals surface area contributed by atoms with E-state index in [1.807, 2.05) is 0 Å². The zero-order chi connectivity index (χ0) is 19.8. The molecule has 0 atom stereocenters. The zero-order valence-corrected chi connectivity index (χ0v) is 15.2. The molecule has 0 unspecified atom stereocenters. The van der Waals surface area contributed by atoms with E-state index in [-0.39, 0.29) is 22.9 Å². The maximum absolute atomic E-state index is 13.1. The number of ether oxygens (including phenoxy) is 3. The molecule has 0 radical (unpaired) electrons. The normalized spacial score (nSPS) is 10.0. The molecule has 0 fully saturated rings. The SMILES string of the molecule is C=CCOc1ccc(C(=O)OCC(=O)Nc2ccc(F)c(Cl)c2)cc1OC. The molecule has 2 aromatic rings. The van der Waals surface area contributed by atoms with Crippen molar-refractivity contribution in [1.29, 1.82) is 0 Å². The lowest BCUT2D eigenvalue weighted by molar-refractivity contribution is -0.119. The summed E-state index contributed by atoms with van der Waals surface area (Å²) in [4.78, 5) is 24.0. The van der Waals surface area contributed by atoms with Crippen LogP contribution in [-0.2, 0) is 9.53 Å². The summed E-state index contributed by atoms with van der Waals surface area (Å²) in [5.74, 6) is -1.12. The fourth-order valence-electron chi connectivity index (χ4n) is 2.05. The second-order valence-electron chi connectivity index (χ2n) is 5.22. The lowest BCUT2D eigenvalue weighted by atomic mass is 10.2. The fourth-order valence-corrected chi connectivity index (χ4v) is 2.23. The number of benzene rings is 2. The Labute approximate surface area is 160 Å². The molecule has 0 bridgehead atoms. The van der Waals surface area contributed by atoms with Crippen LogP contribution >= 0.6 is 11.6 Å². The molecule has 8 heteroatoms. The molecule has 0 saturated heterocycles. The van der Waals surface area contributed by atoms with E-state index in [1.54, 1.807) is 12.1 Å². The van der Waals surface area contributed by atoms with Crippen LogP contribution in [0.3, 0.4) is 0 Å². The molecule has 6 nitrogen and oxygen atoms in total. The molecule has 1 N–H and O–H groups in total. The van der Waals surface area contributed by atoms with Crippen LogP contribution in [-0.4, -0.2) is 32.2 Å². The first kappa shape index (κ1) is 20.3. The number of rotatable bonds is 8. The summed E-state index contributed by atoms with van der Waals surface area (Å²) in [5.41, 5.74) is 0.475. The predicted molar refractivity (Wildman–Crippen MR) is 99.0 cm³/mol. The van der Waals surface area contributed by atoms with Crippen molar-refractivity contribution in [1.82, 2.24) is 0 Å². The van der Waals surface area contributed by atoms with Gasteiger partial charge in [0.05, 0.1) is 17.7 Å². The van der Waals surface area contributed by atoms with E-state index in [9.17, 15) is 14.0 Å². The molecular formula is C19H17ClFNO5. The van der Waals surface area contributed by atoms with Crippen LogP contribution in [0.15, 0.2) is 49.1 Å². The van der Waals surface area contributed by atoms with Crippen molar-refractivity contribution in [2.75, 3.05) is 25.6 Å². The third-order valence-corrected chi connectivity index (χ3v) is 3.58. The number of hydrogen-bond donors (Lipinski definition) is 1. The molecule has 0 aliphatic rings. The molecule has 0 spiro atoms. The van der Waals surface area contributed by atoms with Gasteiger partial charge in [0.2, 0.25) is 0 Å². The monoisotopic (exact) mass is 393 g/mol. The van der Waals surface area contributed by atoms with Crippen LogP contribution in [0.5, 0.6) is 11.5 Å². The van der Waals surface area contributed by atoms with Crippen LogP contribution in [0.2, 0.25) is 5.02 Å². The number of carbonyl (C=O) groups is 2. The van der Waals surface area contributed by atoms with Gasteiger partial charge < -0.3 is 19.5 Å². The van der Waals surface area contributed by atoms with Gasteiger partial charge in [-0.3, -0.25) is 4.79 Å². The Morgan fingerprint density at radius 1 is 1.22 bits per heavy atom. The molecule has 0 aliphatic carbocycles. The maximum Gasteiger partial charge on any atom is 0.338 e. The number of amides is 1. The first-order chi connectivity index (χ1) is 12.9. The Morgan fingerprint density at radius 3 is 2.67 bits per heavy atom. The average molecular weight is 394 g/mol. The van der Waals surface area contributed by atoms with E-state index < -0.39 is 24.3 Å². The fraction of sp³-hybridized carbons (Fsp3) is 0.158. The van der Waals surface area contributed by atoms with Crippen LogP contribution < -0.4 is 14.8 Å². The van der Waals surface area contributed by atoms with Crippen molar-refractivity contribution in [3.8, 4) is 11.5 Å². The third kappa shape index (κ3) is 5.72. The summed E-state index contributed by atoms with van der Waals surface area (Å²) < 4.78 is 28.6. The van der Waals surface area contributed by atoms with E-state index in [2.05, 4.69) is 11.9 Å². The van der Waals surface area contributed by atoms with Crippen LogP contribution in [0.4, 0.5) is 10.1 Å². The Morgan fingerprint density at radius 2 is 2.00 bits per heavy atom. The maximum atomic E-state index is 13.1. The van der Waals surface area contributed by atoms with E-state index in [4.69, 9.17) is 25.8 Å². The van der Waals surface area contributed by atoms with Gasteiger partial charge >= 0.3 is 5.97 Å². The van der Waals surface area contributed by atoms with Gasteiger partial charge in [0.15, 0.2) is 18.1 Å². The minimum Gasteiger partial charge on any atom is -0.493 e. The third-order valence-electron chi connectivity index (χ3n) is 3.29. The molecule has 0 saturated carbocycles. The van der Waals surface area contributed by atoms with Gasteiger partial charge in [-0.2, -0.15) is 0 Å². The van der Waals surface area contributed by atoms with E-state index in [1.165, 1.54) is 31.4 Å². The standard InChI is InChI=1S/C19H17ClFNO5/c1-3-8-26-16-7-4-12(9-17(16)25-2)19(24)27-11-18(23)22-13-5-6-15(21)14(20)10-13/h3-7,9-10H,1,8,11H2,2H3,(H,22,23). The lowest BCUT2D eigenvalue weighted by Gasteiger charge is -2.11. The Kier molecular flexibility index (Phi) is 7.19. The summed E-state index contributed by atoms with van der Waals surface area (Å²) in [6.45, 7) is 3.32. The van der Waals surface area contributed by atoms with Gasteiger partial charge in [0.25, 0.3) is 5.91 Å². The average Bonchev–Trinajstić information content (AvgIpc) is 2.67. The highest BCUT2D eigenvalue weighted by Crippen LogP contribution is 2.28. The molecule has 2 aromatic carbocycles. The van der Waals surface area contributed by atoms with Gasteiger partial charge in [0.1, 0.15) is 12.4 Å². The highest BCUT2D eigenvalue weighted by atomic mass is 35.5. The molecule has 1 amide bonds. The number of anilines is 1. The number of hydrogen-bond acceptors (Lipinski definition) is 5. The molecule has 0 aliphatic heterocycles. The molecule has 2 rings (SSSR count). The summed E-state index contributed by atoms with van der Waals surface area (Å²) in [6, 6.07) is 8.20.